The van der Waals surface area contributed by atoms with Crippen molar-refractivity contribution in [2.75, 3.05) is 5.73 Å². The molecule has 6 heteroatoms. The van der Waals surface area contributed by atoms with Crippen LogP contribution in [0, 0.1) is 6.92 Å². The second kappa shape index (κ2) is 3.80. The van der Waals surface area contributed by atoms with E-state index in [0.717, 1.165) is 11.4 Å². The van der Waals surface area contributed by atoms with Crippen LogP contribution in [0.5, 0.6) is 0 Å². The van der Waals surface area contributed by atoms with Crippen molar-refractivity contribution in [1.29, 1.82) is 0 Å². The number of carbonyl (C=O) groups is 1. The number of carbonyl (C=O) groups excluding carboxylic acids is 1. The number of hydrogen-bond acceptors (Lipinski definition) is 4. The molecule has 0 saturated carbocycles. The number of nitrogens with two attached hydrogens (primary N) is 1. The van der Waals surface area contributed by atoms with Gasteiger partial charge in [-0.15, -0.1) is 0 Å². The van der Waals surface area contributed by atoms with Crippen LogP contribution in [0.3, 0.4) is 0 Å². The van der Waals surface area contributed by atoms with Gasteiger partial charge in [-0.3, -0.25) is 14.6 Å². The fraction of sp³-hybridized carbons (Fsp3) is 0.300. The highest BCUT2D eigenvalue weighted by Crippen LogP contribution is 2.11. The zero-order valence-corrected chi connectivity index (χ0v) is 9.19. The number of aryl methyl sites for hydroxylation is 2. The van der Waals surface area contributed by atoms with Gasteiger partial charge in [0, 0.05) is 12.7 Å². The number of rotatable bonds is 3. The lowest BCUT2D eigenvalue weighted by Gasteiger charge is -2.00. The van der Waals surface area contributed by atoms with Crippen LogP contribution in [0.4, 0.5) is 5.82 Å². The van der Waals surface area contributed by atoms with Crippen molar-refractivity contribution >= 4 is 11.6 Å². The monoisotopic (exact) mass is 219 g/mol. The van der Waals surface area contributed by atoms with Gasteiger partial charge in [0.2, 0.25) is 0 Å². The van der Waals surface area contributed by atoms with E-state index in [9.17, 15) is 4.79 Å². The maximum Gasteiger partial charge on any atom is 0.174 e. The summed E-state index contributed by atoms with van der Waals surface area (Å²) in [7, 11) is 1.81. The smallest absolute Gasteiger partial charge is 0.174 e. The summed E-state index contributed by atoms with van der Waals surface area (Å²) in [6.07, 6.45) is 1.72. The standard InChI is InChI=1S/C10H13N5O/c1-6-3-7(15(2)14-6)4-9(16)8-5-12-13-10(8)11/h3,5H,4H2,1-2H3,(H3,11,12,13). The third kappa shape index (κ3) is 1.81. The number of Topliss-reactive ketones (excluding diaryl/α,β-unsaturated/α-hetero) is 1. The third-order valence-electron chi connectivity index (χ3n) is 2.41. The molecule has 2 aromatic rings. The van der Waals surface area contributed by atoms with Crippen molar-refractivity contribution in [2.45, 2.75) is 13.3 Å². The maximum atomic E-state index is 11.9. The number of H-pyrrole nitrogens is 1. The molecule has 3 N–H and O–H groups in total. The first kappa shape index (κ1) is 10.4. The number of aromatic amines is 1. The normalized spacial score (nSPS) is 10.6. The molecule has 2 heterocycles. The fourth-order valence-electron chi connectivity index (χ4n) is 1.61. The highest BCUT2D eigenvalue weighted by atomic mass is 16.1. The first-order valence-electron chi connectivity index (χ1n) is 4.89. The van der Waals surface area contributed by atoms with E-state index in [-0.39, 0.29) is 12.2 Å². The summed E-state index contributed by atoms with van der Waals surface area (Å²) in [5, 5.41) is 10.4. The Bertz CT molecular complexity index is 525. The fourth-order valence-corrected chi connectivity index (χ4v) is 1.61. The van der Waals surface area contributed by atoms with Crippen LogP contribution in [0.25, 0.3) is 0 Å². The van der Waals surface area contributed by atoms with Gasteiger partial charge in [-0.1, -0.05) is 0 Å². The van der Waals surface area contributed by atoms with Crippen LogP contribution in [-0.4, -0.2) is 25.8 Å². The second-order valence-corrected chi connectivity index (χ2v) is 3.70. The van der Waals surface area contributed by atoms with Gasteiger partial charge in [0.25, 0.3) is 0 Å². The Morgan fingerprint density at radius 1 is 1.62 bits per heavy atom. The van der Waals surface area contributed by atoms with Gasteiger partial charge >= 0.3 is 0 Å². The summed E-state index contributed by atoms with van der Waals surface area (Å²) in [5.74, 6) is 0.248. The molecule has 0 saturated heterocycles. The Morgan fingerprint density at radius 3 is 2.88 bits per heavy atom. The molecule has 0 aliphatic carbocycles. The maximum absolute atomic E-state index is 11.9. The molecule has 84 valence electrons. The van der Waals surface area contributed by atoms with Gasteiger partial charge < -0.3 is 5.73 Å². The van der Waals surface area contributed by atoms with E-state index in [2.05, 4.69) is 15.3 Å². The van der Waals surface area contributed by atoms with Crippen molar-refractivity contribution in [3.63, 3.8) is 0 Å². The van der Waals surface area contributed by atoms with Gasteiger partial charge in [0.15, 0.2) is 5.78 Å². The number of aromatic nitrogens is 4. The number of ketones is 1. The van der Waals surface area contributed by atoms with Gasteiger partial charge in [-0.2, -0.15) is 10.2 Å². The van der Waals surface area contributed by atoms with Crippen molar-refractivity contribution < 1.29 is 4.79 Å². The lowest BCUT2D eigenvalue weighted by atomic mass is 10.1. The Kier molecular flexibility index (Phi) is 2.47. The molecule has 16 heavy (non-hydrogen) atoms. The van der Waals surface area contributed by atoms with Crippen LogP contribution in [0.2, 0.25) is 0 Å². The molecule has 0 atom stereocenters. The van der Waals surface area contributed by atoms with Crippen molar-refractivity contribution in [1.82, 2.24) is 20.0 Å². The van der Waals surface area contributed by atoms with E-state index >= 15 is 0 Å². The van der Waals surface area contributed by atoms with Crippen LogP contribution in [0.1, 0.15) is 21.7 Å². The molecular weight excluding hydrogens is 206 g/mol. The first-order valence-corrected chi connectivity index (χ1v) is 4.89. The highest BCUT2D eigenvalue weighted by Gasteiger charge is 2.14. The molecule has 0 bridgehead atoms. The minimum Gasteiger partial charge on any atom is -0.383 e. The number of nitrogen functional groups attached to an aromatic ring is 1. The average molecular weight is 219 g/mol. The van der Waals surface area contributed by atoms with Crippen LogP contribution in [-0.2, 0) is 13.5 Å². The van der Waals surface area contributed by atoms with E-state index in [1.165, 1.54) is 6.20 Å². The molecule has 6 nitrogen and oxygen atoms in total. The molecular formula is C10H13N5O. The lowest BCUT2D eigenvalue weighted by molar-refractivity contribution is 0.0991. The first-order chi connectivity index (χ1) is 7.58. The zero-order valence-electron chi connectivity index (χ0n) is 9.19. The zero-order chi connectivity index (χ0) is 11.7. The van der Waals surface area contributed by atoms with E-state index in [0.29, 0.717) is 11.4 Å². The topological polar surface area (TPSA) is 89.6 Å². The SMILES string of the molecule is Cc1cc(CC(=O)c2cn[nH]c2N)n(C)n1. The molecule has 0 aromatic carbocycles. The quantitative estimate of drug-likeness (QED) is 0.734. The average Bonchev–Trinajstić information content (AvgIpc) is 2.74. The summed E-state index contributed by atoms with van der Waals surface area (Å²) in [6, 6.07) is 1.88. The summed E-state index contributed by atoms with van der Waals surface area (Å²) >= 11 is 0. The third-order valence-corrected chi connectivity index (χ3v) is 2.41. The van der Waals surface area contributed by atoms with E-state index < -0.39 is 0 Å². The predicted octanol–water partition coefficient (Wildman–Crippen LogP) is 0.459. The number of nitrogens with zero attached hydrogens (tertiary/aromatic N) is 3. The van der Waals surface area contributed by atoms with Crippen molar-refractivity contribution in [3.8, 4) is 0 Å². The summed E-state index contributed by atoms with van der Waals surface area (Å²) in [5.41, 5.74) is 7.76. The summed E-state index contributed by atoms with van der Waals surface area (Å²) in [4.78, 5) is 11.9. The van der Waals surface area contributed by atoms with Gasteiger partial charge in [0.1, 0.15) is 5.82 Å². The predicted molar refractivity (Wildman–Crippen MR) is 59.0 cm³/mol. The minimum absolute atomic E-state index is 0.0609. The lowest BCUT2D eigenvalue weighted by Crippen LogP contribution is -2.09. The minimum atomic E-state index is -0.0609. The Balaban J connectivity index is 2.20. The Hall–Kier alpha value is -2.11. The molecule has 0 fully saturated rings. The molecule has 0 radical (unpaired) electrons. The molecule has 0 amide bonds. The number of hydrogen-bond donors (Lipinski definition) is 2. The molecule has 2 rings (SSSR count). The van der Waals surface area contributed by atoms with Crippen LogP contribution >= 0.6 is 0 Å². The van der Waals surface area contributed by atoms with Crippen molar-refractivity contribution in [3.05, 3.63) is 29.2 Å². The largest absolute Gasteiger partial charge is 0.383 e. The molecule has 0 spiro atoms. The van der Waals surface area contributed by atoms with E-state index in [4.69, 9.17) is 5.73 Å². The second-order valence-electron chi connectivity index (χ2n) is 3.70. The number of anilines is 1. The summed E-state index contributed by atoms with van der Waals surface area (Å²) in [6.45, 7) is 1.89. The Labute approximate surface area is 92.5 Å². The van der Waals surface area contributed by atoms with Gasteiger partial charge in [-0.25, -0.2) is 0 Å². The highest BCUT2D eigenvalue weighted by molar-refractivity contribution is 6.00. The number of nitrogens with one attached hydrogen (secondary N) is 1. The molecule has 2 aromatic heterocycles. The summed E-state index contributed by atoms with van der Waals surface area (Å²) < 4.78 is 1.70. The van der Waals surface area contributed by atoms with Gasteiger partial charge in [-0.05, 0) is 13.0 Å². The van der Waals surface area contributed by atoms with Crippen LogP contribution in [0.15, 0.2) is 12.3 Å². The molecule has 0 unspecified atom stereocenters. The molecule has 0 aliphatic rings. The van der Waals surface area contributed by atoms with Crippen LogP contribution < -0.4 is 5.73 Å². The van der Waals surface area contributed by atoms with Crippen molar-refractivity contribution in [2.24, 2.45) is 7.05 Å². The van der Waals surface area contributed by atoms with E-state index in [1.807, 2.05) is 20.0 Å². The van der Waals surface area contributed by atoms with Gasteiger partial charge in [0.05, 0.1) is 23.9 Å². The van der Waals surface area contributed by atoms with E-state index in [1.54, 1.807) is 4.68 Å². The Morgan fingerprint density at radius 2 is 2.38 bits per heavy atom. The molecule has 0 aliphatic heterocycles.